The van der Waals surface area contributed by atoms with Crippen LogP contribution in [0, 0.1) is 11.3 Å². The van der Waals surface area contributed by atoms with Gasteiger partial charge in [0, 0.05) is 22.8 Å². The van der Waals surface area contributed by atoms with Crippen molar-refractivity contribution >= 4 is 50.3 Å². The van der Waals surface area contributed by atoms with Gasteiger partial charge in [-0.3, -0.25) is 9.59 Å². The molecule has 6 nitrogen and oxygen atoms in total. The van der Waals surface area contributed by atoms with Crippen molar-refractivity contribution in [2.75, 3.05) is 0 Å². The number of carbonyl (C=O) groups is 2. The van der Waals surface area contributed by atoms with E-state index in [1.165, 1.54) is 17.4 Å². The van der Waals surface area contributed by atoms with Crippen molar-refractivity contribution in [3.63, 3.8) is 0 Å². The number of oxazole rings is 1. The Bertz CT molecular complexity index is 1580. The Morgan fingerprint density at radius 2 is 1.56 bits per heavy atom. The molecule has 7 heteroatoms. The second-order valence-electron chi connectivity index (χ2n) is 7.33. The quantitative estimate of drug-likeness (QED) is 0.272. The molecule has 32 heavy (non-hydrogen) atoms. The van der Waals surface area contributed by atoms with Crippen molar-refractivity contribution in [1.29, 1.82) is 5.26 Å². The van der Waals surface area contributed by atoms with E-state index in [2.05, 4.69) is 16.0 Å². The van der Waals surface area contributed by atoms with E-state index in [9.17, 15) is 9.59 Å². The number of thiazole rings is 1. The molecule has 0 radical (unpaired) electrons. The van der Waals surface area contributed by atoms with Gasteiger partial charge >= 0.3 is 0 Å². The average Bonchev–Trinajstić information content (AvgIpc) is 3.45. The van der Waals surface area contributed by atoms with Crippen LogP contribution < -0.4 is 0 Å². The molecule has 0 bridgehead atoms. The van der Waals surface area contributed by atoms with Gasteiger partial charge in [0.15, 0.2) is 16.4 Å². The van der Waals surface area contributed by atoms with Crippen molar-refractivity contribution in [3.05, 3.63) is 88.8 Å². The number of aromatic nitrogens is 2. The number of fused-ring (bicyclic) bond motifs is 3. The minimum absolute atomic E-state index is 0.0384. The molecule has 0 fully saturated rings. The molecular formula is C25H11N3O3S. The number of hydrogen-bond acceptors (Lipinski definition) is 7. The van der Waals surface area contributed by atoms with Crippen LogP contribution in [-0.4, -0.2) is 21.5 Å². The number of carbonyl (C=O) groups excluding carboxylic acids is 2. The molecule has 0 saturated heterocycles. The number of nitriles is 1. The summed E-state index contributed by atoms with van der Waals surface area (Å²) >= 11 is 1.34. The number of benzene rings is 3. The zero-order chi connectivity index (χ0) is 21.8. The third-order valence-corrected chi connectivity index (χ3v) is 6.37. The molecule has 6 rings (SSSR count). The van der Waals surface area contributed by atoms with Gasteiger partial charge in [-0.05, 0) is 35.0 Å². The van der Waals surface area contributed by atoms with Gasteiger partial charge in [-0.25, -0.2) is 0 Å². The maximum absolute atomic E-state index is 12.9. The fraction of sp³-hybridized carbons (Fsp3) is 0. The van der Waals surface area contributed by atoms with Gasteiger partial charge in [-0.2, -0.15) is 15.2 Å². The zero-order valence-electron chi connectivity index (χ0n) is 16.3. The fourth-order valence-corrected chi connectivity index (χ4v) is 4.67. The fourth-order valence-electron chi connectivity index (χ4n) is 3.79. The molecule has 150 valence electrons. The summed E-state index contributed by atoms with van der Waals surface area (Å²) in [5.41, 5.74) is 2.59. The Hall–Kier alpha value is -4.41. The normalized spacial score (nSPS) is 13.0. The van der Waals surface area contributed by atoms with E-state index in [1.807, 2.05) is 36.4 Å². The van der Waals surface area contributed by atoms with Crippen LogP contribution in [0.4, 0.5) is 0 Å². The Labute approximate surface area is 185 Å². The highest BCUT2D eigenvalue weighted by Gasteiger charge is 2.34. The summed E-state index contributed by atoms with van der Waals surface area (Å²) in [6, 6.07) is 20.3. The van der Waals surface area contributed by atoms with E-state index in [-0.39, 0.29) is 23.0 Å². The Kier molecular flexibility index (Phi) is 3.90. The summed E-state index contributed by atoms with van der Waals surface area (Å²) in [7, 11) is 0. The predicted octanol–water partition coefficient (Wildman–Crippen LogP) is 5.44. The number of Topliss-reactive ketones (excluding diaryl/α,β-unsaturated/α-hetero) is 2. The van der Waals surface area contributed by atoms with Crippen LogP contribution in [0.5, 0.6) is 0 Å². The Morgan fingerprint density at radius 3 is 2.16 bits per heavy atom. The molecule has 5 aromatic rings. The van der Waals surface area contributed by atoms with Gasteiger partial charge in [0.2, 0.25) is 5.89 Å². The molecule has 0 N–H and O–H groups in total. The summed E-state index contributed by atoms with van der Waals surface area (Å²) in [6.45, 7) is 0. The van der Waals surface area contributed by atoms with Crippen LogP contribution in [0.15, 0.2) is 70.7 Å². The highest BCUT2D eigenvalue weighted by atomic mass is 32.1. The Balaban J connectivity index is 1.36. The molecule has 0 spiro atoms. The first-order valence-electron chi connectivity index (χ1n) is 9.72. The van der Waals surface area contributed by atoms with Crippen molar-refractivity contribution in [2.45, 2.75) is 0 Å². The second-order valence-corrected chi connectivity index (χ2v) is 8.31. The topological polar surface area (TPSA) is 96.9 Å². The van der Waals surface area contributed by atoms with Gasteiger partial charge < -0.3 is 4.42 Å². The van der Waals surface area contributed by atoms with Gasteiger partial charge in [0.25, 0.3) is 5.71 Å². The standard InChI is InChI=1S/C25H11N3O3S/c26-12-13-5-7-14(8-6-13)24-28-23-25(32-24)27-20(31-23)11-19-21(29)17-9-15-3-1-2-4-16(15)10-18(17)22(19)30/h1-11H. The number of hydrogen-bond donors (Lipinski definition) is 0. The van der Waals surface area contributed by atoms with Crippen LogP contribution in [0.3, 0.4) is 0 Å². The first kappa shape index (κ1) is 18.4. The Morgan fingerprint density at radius 1 is 0.906 bits per heavy atom. The van der Waals surface area contributed by atoms with Crippen LogP contribution in [0.25, 0.3) is 38.0 Å². The summed E-state index contributed by atoms with van der Waals surface area (Å²) in [4.78, 5) is 35.2. The summed E-state index contributed by atoms with van der Waals surface area (Å²) < 4.78 is 5.70. The van der Waals surface area contributed by atoms with Crippen LogP contribution in [-0.2, 0) is 0 Å². The molecule has 1 aliphatic rings. The molecule has 3 aromatic carbocycles. The van der Waals surface area contributed by atoms with Crippen LogP contribution >= 0.6 is 11.3 Å². The molecule has 2 aromatic heterocycles. The lowest BCUT2D eigenvalue weighted by molar-refractivity contribution is 0.0990. The third kappa shape index (κ3) is 2.78. The zero-order valence-corrected chi connectivity index (χ0v) is 17.1. The molecular weight excluding hydrogens is 422 g/mol. The lowest BCUT2D eigenvalue weighted by Gasteiger charge is -2.00. The number of nitrogens with zero attached hydrogens (tertiary/aromatic N) is 3. The highest BCUT2D eigenvalue weighted by Crippen LogP contribution is 2.34. The first-order chi connectivity index (χ1) is 15.6. The smallest absolute Gasteiger partial charge is 0.259 e. The SMILES string of the molecule is N#Cc1ccc(-c2nc3oc(C=C4C(=O)c5cc6ccccc6cc5C4=O)nc3s2)cc1. The highest BCUT2D eigenvalue weighted by molar-refractivity contribution is 7.21. The lowest BCUT2D eigenvalue weighted by Crippen LogP contribution is -2.00. The van der Waals surface area contributed by atoms with Crippen LogP contribution in [0.2, 0.25) is 0 Å². The largest absolute Gasteiger partial charge is 0.417 e. The predicted molar refractivity (Wildman–Crippen MR) is 120 cm³/mol. The van der Waals surface area contributed by atoms with Crippen molar-refractivity contribution in [3.8, 4) is 16.6 Å². The van der Waals surface area contributed by atoms with Crippen molar-refractivity contribution in [1.82, 2.24) is 9.97 Å². The maximum atomic E-state index is 12.9. The summed E-state index contributed by atoms with van der Waals surface area (Å²) in [5, 5.41) is 11.5. The third-order valence-electron chi connectivity index (χ3n) is 5.39. The van der Waals surface area contributed by atoms with E-state index in [0.29, 0.717) is 32.2 Å². The van der Waals surface area contributed by atoms with Gasteiger partial charge in [-0.15, -0.1) is 0 Å². The molecule has 0 amide bonds. The molecule has 1 aliphatic carbocycles. The molecule has 0 saturated carbocycles. The summed E-state index contributed by atoms with van der Waals surface area (Å²) in [6.07, 6.45) is 1.39. The van der Waals surface area contributed by atoms with Crippen molar-refractivity contribution in [2.24, 2.45) is 0 Å². The molecule has 0 aliphatic heterocycles. The molecule has 0 unspecified atom stereocenters. The number of rotatable bonds is 2. The van der Waals surface area contributed by atoms with E-state index in [0.717, 1.165) is 16.3 Å². The van der Waals surface area contributed by atoms with E-state index in [4.69, 9.17) is 9.68 Å². The van der Waals surface area contributed by atoms with Crippen molar-refractivity contribution < 1.29 is 14.0 Å². The minimum atomic E-state index is -0.330. The molecule has 2 heterocycles. The van der Waals surface area contributed by atoms with Gasteiger partial charge in [0.05, 0.1) is 17.2 Å². The van der Waals surface area contributed by atoms with Gasteiger partial charge in [0.1, 0.15) is 5.01 Å². The van der Waals surface area contributed by atoms with Crippen LogP contribution in [0.1, 0.15) is 32.2 Å². The lowest BCUT2D eigenvalue weighted by atomic mass is 10.0. The van der Waals surface area contributed by atoms with E-state index < -0.39 is 0 Å². The van der Waals surface area contributed by atoms with E-state index >= 15 is 0 Å². The number of ketones is 2. The maximum Gasteiger partial charge on any atom is 0.259 e. The van der Waals surface area contributed by atoms with Gasteiger partial charge in [-0.1, -0.05) is 47.7 Å². The van der Waals surface area contributed by atoms with E-state index in [1.54, 1.807) is 24.3 Å². The number of allylic oxidation sites excluding steroid dienone is 1. The average molecular weight is 433 g/mol. The summed E-state index contributed by atoms with van der Waals surface area (Å²) in [5.74, 6) is -0.494. The monoisotopic (exact) mass is 433 g/mol. The second kappa shape index (κ2) is 6.80. The minimum Gasteiger partial charge on any atom is -0.417 e. The molecule has 0 atom stereocenters. The first-order valence-corrected chi connectivity index (χ1v) is 10.5.